The first-order valence-electron chi connectivity index (χ1n) is 10.4. The van der Waals surface area contributed by atoms with Crippen LogP contribution in [0.5, 0.6) is 0 Å². The summed E-state index contributed by atoms with van der Waals surface area (Å²) in [5.74, 6) is -0.111. The average molecular weight is 407 g/mol. The molecule has 3 heterocycles. The van der Waals surface area contributed by atoms with Crippen molar-refractivity contribution in [2.24, 2.45) is 17.6 Å². The number of pyridine rings is 1. The molecule has 1 aromatic heterocycles. The molecule has 2 aliphatic heterocycles. The number of primary amides is 1. The number of nitrogens with two attached hydrogens (primary N) is 1. The number of hydrogen-bond acceptors (Lipinski definition) is 4. The predicted molar refractivity (Wildman–Crippen MR) is 114 cm³/mol. The van der Waals surface area contributed by atoms with Crippen molar-refractivity contribution in [2.45, 2.75) is 13.3 Å². The molecule has 1 unspecified atom stereocenters. The molecule has 2 aromatic rings. The van der Waals surface area contributed by atoms with Gasteiger partial charge in [0.25, 0.3) is 5.91 Å². The molecule has 2 saturated heterocycles. The summed E-state index contributed by atoms with van der Waals surface area (Å²) in [5.41, 5.74) is 6.83. The number of likely N-dealkylation sites (tertiary alicyclic amines) is 2. The SMILES string of the molecule is Cc1[nH]c(=O)cc(C(N)=O)c1C(=O)N1CC2CN(CC[CH]c3ccccc3)C[C@H]2C1. The van der Waals surface area contributed by atoms with Crippen LogP contribution in [-0.4, -0.2) is 59.3 Å². The van der Waals surface area contributed by atoms with Gasteiger partial charge in [-0.1, -0.05) is 30.3 Å². The lowest BCUT2D eigenvalue weighted by atomic mass is 10.0. The van der Waals surface area contributed by atoms with Gasteiger partial charge in [-0.15, -0.1) is 0 Å². The highest BCUT2D eigenvalue weighted by Crippen LogP contribution is 2.32. The van der Waals surface area contributed by atoms with Crippen molar-refractivity contribution in [1.29, 1.82) is 0 Å². The number of fused-ring (bicyclic) bond motifs is 1. The van der Waals surface area contributed by atoms with Gasteiger partial charge in [-0.3, -0.25) is 14.4 Å². The van der Waals surface area contributed by atoms with Crippen molar-refractivity contribution in [2.75, 3.05) is 32.7 Å². The fourth-order valence-corrected chi connectivity index (χ4v) is 4.76. The largest absolute Gasteiger partial charge is 0.366 e. The van der Waals surface area contributed by atoms with Crippen molar-refractivity contribution < 1.29 is 9.59 Å². The monoisotopic (exact) mass is 407 g/mol. The van der Waals surface area contributed by atoms with Crippen molar-refractivity contribution in [3.05, 3.63) is 75.6 Å². The Bertz CT molecular complexity index is 987. The summed E-state index contributed by atoms with van der Waals surface area (Å²) in [6.07, 6.45) is 3.26. The summed E-state index contributed by atoms with van der Waals surface area (Å²) in [6.45, 7) is 5.93. The van der Waals surface area contributed by atoms with Gasteiger partial charge in [-0.25, -0.2) is 0 Å². The second kappa shape index (κ2) is 8.44. The molecular formula is C23H27N4O3. The van der Waals surface area contributed by atoms with Crippen LogP contribution in [0.25, 0.3) is 0 Å². The number of amides is 2. The average Bonchev–Trinajstić information content (AvgIpc) is 3.26. The van der Waals surface area contributed by atoms with Crippen LogP contribution in [0.2, 0.25) is 0 Å². The van der Waals surface area contributed by atoms with Gasteiger partial charge in [-0.05, 0) is 43.7 Å². The summed E-state index contributed by atoms with van der Waals surface area (Å²) in [6, 6.07) is 11.5. The van der Waals surface area contributed by atoms with E-state index in [4.69, 9.17) is 5.73 Å². The topological polar surface area (TPSA) is 99.5 Å². The predicted octanol–water partition coefficient (Wildman–Crippen LogP) is 1.43. The molecule has 7 nitrogen and oxygen atoms in total. The van der Waals surface area contributed by atoms with Crippen molar-refractivity contribution in [3.8, 4) is 0 Å². The Morgan fingerprint density at radius 2 is 1.80 bits per heavy atom. The van der Waals surface area contributed by atoms with E-state index in [1.165, 1.54) is 5.56 Å². The van der Waals surface area contributed by atoms with E-state index in [2.05, 4.69) is 28.4 Å². The minimum absolute atomic E-state index is 0.00335. The molecule has 0 spiro atoms. The summed E-state index contributed by atoms with van der Waals surface area (Å²) < 4.78 is 0. The van der Waals surface area contributed by atoms with Crippen LogP contribution in [0.4, 0.5) is 0 Å². The number of benzene rings is 1. The molecule has 4 rings (SSSR count). The maximum atomic E-state index is 13.1. The van der Waals surface area contributed by atoms with E-state index in [0.717, 1.165) is 32.1 Å². The first-order valence-corrected chi connectivity index (χ1v) is 10.4. The number of carbonyl (C=O) groups excluding carboxylic acids is 2. The summed E-state index contributed by atoms with van der Waals surface area (Å²) in [5, 5.41) is 0. The number of aryl methyl sites for hydroxylation is 1. The normalized spacial score (nSPS) is 21.0. The van der Waals surface area contributed by atoms with Crippen LogP contribution in [0.15, 0.2) is 41.2 Å². The molecule has 2 aliphatic rings. The number of carbonyl (C=O) groups is 2. The Labute approximate surface area is 175 Å². The fourth-order valence-electron chi connectivity index (χ4n) is 4.76. The molecule has 1 radical (unpaired) electrons. The lowest BCUT2D eigenvalue weighted by Gasteiger charge is -2.23. The van der Waals surface area contributed by atoms with Gasteiger partial charge in [0, 0.05) is 37.9 Å². The van der Waals surface area contributed by atoms with Crippen molar-refractivity contribution >= 4 is 11.8 Å². The highest BCUT2D eigenvalue weighted by Gasteiger charge is 2.42. The molecule has 157 valence electrons. The van der Waals surface area contributed by atoms with E-state index >= 15 is 0 Å². The van der Waals surface area contributed by atoms with Gasteiger partial charge in [0.1, 0.15) is 0 Å². The zero-order valence-corrected chi connectivity index (χ0v) is 17.1. The standard InChI is InChI=1S/C23H27N4O3/c1-15-21(19(22(24)29)10-20(28)25-15)23(30)27-13-17-11-26(12-18(17)14-27)9-5-8-16-6-3-2-4-7-16/h2-4,6-8,10,17-18H,5,9,11-14H2,1H3,(H2,24,29)(H,25,28)/t17-,18?/m0/s1. The second-order valence-corrected chi connectivity index (χ2v) is 8.30. The molecule has 2 atom stereocenters. The van der Waals surface area contributed by atoms with Crippen LogP contribution in [0.1, 0.15) is 38.4 Å². The van der Waals surface area contributed by atoms with E-state index in [-0.39, 0.29) is 17.0 Å². The summed E-state index contributed by atoms with van der Waals surface area (Å²) in [7, 11) is 0. The van der Waals surface area contributed by atoms with Crippen LogP contribution < -0.4 is 11.3 Å². The number of H-pyrrole nitrogens is 1. The Morgan fingerprint density at radius 1 is 1.13 bits per heavy atom. The Balaban J connectivity index is 1.35. The van der Waals surface area contributed by atoms with Crippen LogP contribution in [0, 0.1) is 25.2 Å². The molecule has 1 aromatic carbocycles. The quantitative estimate of drug-likeness (QED) is 0.757. The maximum absolute atomic E-state index is 13.1. The van der Waals surface area contributed by atoms with Crippen LogP contribution >= 0.6 is 0 Å². The number of rotatable bonds is 6. The highest BCUT2D eigenvalue weighted by molar-refractivity contribution is 6.07. The van der Waals surface area contributed by atoms with Gasteiger partial charge in [-0.2, -0.15) is 0 Å². The number of nitrogens with one attached hydrogen (secondary N) is 1. The third-order valence-corrected chi connectivity index (χ3v) is 6.18. The van der Waals surface area contributed by atoms with Gasteiger partial charge < -0.3 is 20.5 Å². The maximum Gasteiger partial charge on any atom is 0.256 e. The summed E-state index contributed by atoms with van der Waals surface area (Å²) >= 11 is 0. The van der Waals surface area contributed by atoms with E-state index < -0.39 is 11.5 Å². The lowest BCUT2D eigenvalue weighted by molar-refractivity contribution is 0.0767. The number of hydrogen-bond donors (Lipinski definition) is 2. The Kier molecular flexibility index (Phi) is 5.72. The van der Waals surface area contributed by atoms with E-state index in [1.54, 1.807) is 11.8 Å². The number of nitrogens with zero attached hydrogens (tertiary/aromatic N) is 2. The summed E-state index contributed by atoms with van der Waals surface area (Å²) in [4.78, 5) is 43.5. The third-order valence-electron chi connectivity index (χ3n) is 6.18. The first kappa shape index (κ1) is 20.3. The number of aromatic nitrogens is 1. The third kappa shape index (κ3) is 4.16. The minimum Gasteiger partial charge on any atom is -0.366 e. The van der Waals surface area contributed by atoms with Crippen LogP contribution in [0.3, 0.4) is 0 Å². The van der Waals surface area contributed by atoms with E-state index in [9.17, 15) is 14.4 Å². The zero-order valence-electron chi connectivity index (χ0n) is 17.1. The Morgan fingerprint density at radius 3 is 2.43 bits per heavy atom. The van der Waals surface area contributed by atoms with E-state index in [1.807, 2.05) is 18.2 Å². The van der Waals surface area contributed by atoms with Crippen LogP contribution in [-0.2, 0) is 0 Å². The van der Waals surface area contributed by atoms with E-state index in [0.29, 0.717) is 30.6 Å². The second-order valence-electron chi connectivity index (χ2n) is 8.30. The minimum atomic E-state index is -0.757. The molecule has 3 N–H and O–H groups in total. The molecular weight excluding hydrogens is 380 g/mol. The van der Waals surface area contributed by atoms with Gasteiger partial charge in [0.2, 0.25) is 11.5 Å². The highest BCUT2D eigenvalue weighted by atomic mass is 16.2. The fraction of sp³-hybridized carbons (Fsp3) is 0.391. The first-order chi connectivity index (χ1) is 14.4. The smallest absolute Gasteiger partial charge is 0.256 e. The lowest BCUT2D eigenvalue weighted by Crippen LogP contribution is -2.36. The molecule has 7 heteroatoms. The molecule has 2 amide bonds. The van der Waals surface area contributed by atoms with Crippen molar-refractivity contribution in [1.82, 2.24) is 14.8 Å². The molecule has 30 heavy (non-hydrogen) atoms. The molecule has 0 saturated carbocycles. The molecule has 0 bridgehead atoms. The molecule has 2 fully saturated rings. The molecule has 0 aliphatic carbocycles. The zero-order chi connectivity index (χ0) is 21.3. The van der Waals surface area contributed by atoms with Crippen molar-refractivity contribution in [3.63, 3.8) is 0 Å². The van der Waals surface area contributed by atoms with Gasteiger partial charge in [0.15, 0.2) is 0 Å². The van der Waals surface area contributed by atoms with Gasteiger partial charge in [0.05, 0.1) is 11.1 Å². The number of aromatic amines is 1. The Hall–Kier alpha value is -2.93. The van der Waals surface area contributed by atoms with Gasteiger partial charge >= 0.3 is 0 Å².